The van der Waals surface area contributed by atoms with E-state index in [4.69, 9.17) is 0 Å². The van der Waals surface area contributed by atoms with Crippen LogP contribution in [0.2, 0.25) is 0 Å². The van der Waals surface area contributed by atoms with Gasteiger partial charge in [0.25, 0.3) is 5.91 Å². The van der Waals surface area contributed by atoms with Crippen LogP contribution in [0, 0.1) is 13.8 Å². The van der Waals surface area contributed by atoms with Gasteiger partial charge in [0.1, 0.15) is 5.69 Å². The summed E-state index contributed by atoms with van der Waals surface area (Å²) in [5.41, 5.74) is 4.53. The van der Waals surface area contributed by atoms with Crippen molar-refractivity contribution in [1.29, 1.82) is 0 Å². The lowest BCUT2D eigenvalue weighted by Gasteiger charge is -2.10. The number of hydrogen-bond acceptors (Lipinski definition) is 5. The molecule has 1 heterocycles. The van der Waals surface area contributed by atoms with Crippen LogP contribution in [-0.4, -0.2) is 21.7 Å². The first-order valence-electron chi connectivity index (χ1n) is 8.99. The van der Waals surface area contributed by atoms with E-state index in [0.29, 0.717) is 29.4 Å². The van der Waals surface area contributed by atoms with Crippen molar-refractivity contribution in [2.24, 2.45) is 0 Å². The van der Waals surface area contributed by atoms with Crippen molar-refractivity contribution >= 4 is 23.3 Å². The van der Waals surface area contributed by atoms with E-state index in [0.717, 1.165) is 16.8 Å². The number of nitrogens with one attached hydrogen (secondary N) is 2. The molecule has 2 N–H and O–H groups in total. The monoisotopic (exact) mass is 374 g/mol. The molecule has 3 aromatic rings. The molecule has 0 aliphatic carbocycles. The van der Waals surface area contributed by atoms with Crippen LogP contribution < -0.4 is 10.6 Å². The third-order valence-corrected chi connectivity index (χ3v) is 4.34. The minimum Gasteiger partial charge on any atom is -0.347 e. The average Bonchev–Trinajstić information content (AvgIpc) is 2.67. The summed E-state index contributed by atoms with van der Waals surface area (Å²) in [6.45, 7) is 5.78. The van der Waals surface area contributed by atoms with Gasteiger partial charge in [-0.2, -0.15) is 0 Å². The first kappa shape index (κ1) is 19.2. The van der Waals surface area contributed by atoms with E-state index in [1.165, 1.54) is 6.92 Å². The summed E-state index contributed by atoms with van der Waals surface area (Å²) in [5.74, 6) is 0.0753. The molecule has 0 fully saturated rings. The van der Waals surface area contributed by atoms with Gasteiger partial charge >= 0.3 is 0 Å². The van der Waals surface area contributed by atoms with Crippen molar-refractivity contribution in [3.8, 4) is 0 Å². The molecule has 0 atom stereocenters. The maximum atomic E-state index is 12.5. The highest BCUT2D eigenvalue weighted by Crippen LogP contribution is 2.15. The molecule has 0 radical (unpaired) electrons. The van der Waals surface area contributed by atoms with Gasteiger partial charge in [0.15, 0.2) is 5.78 Å². The van der Waals surface area contributed by atoms with Crippen LogP contribution in [0.1, 0.15) is 44.6 Å². The molecule has 142 valence electrons. The van der Waals surface area contributed by atoms with E-state index in [-0.39, 0.29) is 11.7 Å². The molecule has 0 saturated carbocycles. The Morgan fingerprint density at radius 3 is 2.36 bits per heavy atom. The van der Waals surface area contributed by atoms with E-state index < -0.39 is 0 Å². The normalized spacial score (nSPS) is 10.4. The molecule has 0 aliphatic rings. The van der Waals surface area contributed by atoms with Crippen molar-refractivity contribution in [2.75, 3.05) is 5.32 Å². The van der Waals surface area contributed by atoms with Crippen LogP contribution in [0.4, 0.5) is 11.6 Å². The molecule has 0 unspecified atom stereocenters. The Hall–Kier alpha value is -3.54. The van der Waals surface area contributed by atoms with Gasteiger partial charge in [0, 0.05) is 23.5 Å². The number of carbonyl (C=O) groups is 2. The Balaban J connectivity index is 1.72. The van der Waals surface area contributed by atoms with Crippen molar-refractivity contribution in [3.05, 3.63) is 82.7 Å². The Morgan fingerprint density at radius 2 is 1.68 bits per heavy atom. The fraction of sp³-hybridized carbons (Fsp3) is 0.182. The maximum Gasteiger partial charge on any atom is 0.270 e. The van der Waals surface area contributed by atoms with Crippen LogP contribution in [0.5, 0.6) is 0 Å². The minimum absolute atomic E-state index is 0.00552. The summed E-state index contributed by atoms with van der Waals surface area (Å²) in [5, 5.41) is 5.98. The van der Waals surface area contributed by atoms with Crippen molar-refractivity contribution < 1.29 is 9.59 Å². The molecule has 0 spiro atoms. The lowest BCUT2D eigenvalue weighted by molar-refractivity contribution is 0.0944. The summed E-state index contributed by atoms with van der Waals surface area (Å²) in [6, 6.07) is 16.6. The van der Waals surface area contributed by atoms with Crippen LogP contribution in [0.25, 0.3) is 0 Å². The van der Waals surface area contributed by atoms with Gasteiger partial charge in [-0.15, -0.1) is 0 Å². The number of Topliss-reactive ketones (excluding diaryl/α,β-unsaturated/α-hetero) is 1. The van der Waals surface area contributed by atoms with E-state index in [1.54, 1.807) is 30.3 Å². The van der Waals surface area contributed by atoms with Crippen LogP contribution in [-0.2, 0) is 6.54 Å². The highest BCUT2D eigenvalue weighted by molar-refractivity contribution is 5.94. The van der Waals surface area contributed by atoms with Crippen LogP contribution in [0.3, 0.4) is 0 Å². The van der Waals surface area contributed by atoms with Crippen LogP contribution in [0.15, 0.2) is 54.6 Å². The second-order valence-corrected chi connectivity index (χ2v) is 6.59. The standard InChI is InChI=1S/C22H22N4O2/c1-14-6-4-5-7-18(14)13-23-21(28)20-12-15(2)24-22(26-20)25-19-10-8-17(9-11-19)16(3)27/h4-12H,13H2,1-3H3,(H,23,28)(H,24,25,26). The Morgan fingerprint density at radius 1 is 0.964 bits per heavy atom. The minimum atomic E-state index is -0.260. The summed E-state index contributed by atoms with van der Waals surface area (Å²) in [6.07, 6.45) is 0. The van der Waals surface area contributed by atoms with Gasteiger partial charge < -0.3 is 10.6 Å². The smallest absolute Gasteiger partial charge is 0.270 e. The van der Waals surface area contributed by atoms with Gasteiger partial charge in [-0.1, -0.05) is 24.3 Å². The zero-order chi connectivity index (χ0) is 20.1. The summed E-state index contributed by atoms with van der Waals surface area (Å²) >= 11 is 0. The molecule has 6 nitrogen and oxygen atoms in total. The fourth-order valence-electron chi connectivity index (χ4n) is 2.73. The van der Waals surface area contributed by atoms with Gasteiger partial charge in [-0.3, -0.25) is 9.59 Å². The van der Waals surface area contributed by atoms with Gasteiger partial charge in [-0.05, 0) is 62.2 Å². The van der Waals surface area contributed by atoms with E-state index >= 15 is 0 Å². The number of nitrogens with zero attached hydrogens (tertiary/aromatic N) is 2. The lowest BCUT2D eigenvalue weighted by atomic mass is 10.1. The second-order valence-electron chi connectivity index (χ2n) is 6.59. The number of ketones is 1. The van der Waals surface area contributed by atoms with Gasteiger partial charge in [0.2, 0.25) is 5.95 Å². The number of aryl methyl sites for hydroxylation is 2. The average molecular weight is 374 g/mol. The molecular weight excluding hydrogens is 352 g/mol. The predicted octanol–water partition coefficient (Wildman–Crippen LogP) is 3.97. The molecule has 1 aromatic heterocycles. The Bertz CT molecular complexity index is 1010. The third-order valence-electron chi connectivity index (χ3n) is 4.34. The molecule has 0 aliphatic heterocycles. The first-order valence-corrected chi connectivity index (χ1v) is 8.99. The van der Waals surface area contributed by atoms with Gasteiger partial charge in [-0.25, -0.2) is 9.97 Å². The predicted molar refractivity (Wildman–Crippen MR) is 109 cm³/mol. The number of rotatable bonds is 6. The SMILES string of the molecule is CC(=O)c1ccc(Nc2nc(C)cc(C(=O)NCc3ccccc3C)n2)cc1. The molecular formula is C22H22N4O2. The third kappa shape index (κ3) is 4.79. The first-order chi connectivity index (χ1) is 13.4. The molecule has 6 heteroatoms. The largest absolute Gasteiger partial charge is 0.347 e. The second kappa shape index (κ2) is 8.43. The van der Waals surface area contributed by atoms with Crippen molar-refractivity contribution in [2.45, 2.75) is 27.3 Å². The number of benzene rings is 2. The topological polar surface area (TPSA) is 84.0 Å². The zero-order valence-electron chi connectivity index (χ0n) is 16.1. The molecule has 2 aromatic carbocycles. The number of anilines is 2. The number of amides is 1. The number of aromatic nitrogens is 2. The fourth-order valence-corrected chi connectivity index (χ4v) is 2.73. The maximum absolute atomic E-state index is 12.5. The highest BCUT2D eigenvalue weighted by atomic mass is 16.1. The summed E-state index contributed by atoms with van der Waals surface area (Å²) < 4.78 is 0. The molecule has 1 amide bonds. The van der Waals surface area contributed by atoms with Crippen molar-refractivity contribution in [3.63, 3.8) is 0 Å². The molecule has 0 saturated heterocycles. The van der Waals surface area contributed by atoms with Crippen LogP contribution >= 0.6 is 0 Å². The Labute approximate surface area is 164 Å². The van der Waals surface area contributed by atoms with E-state index in [2.05, 4.69) is 20.6 Å². The number of carbonyl (C=O) groups excluding carboxylic acids is 2. The molecule has 3 rings (SSSR count). The zero-order valence-corrected chi connectivity index (χ0v) is 16.1. The van der Waals surface area contributed by atoms with E-state index in [1.807, 2.05) is 38.1 Å². The Kier molecular flexibility index (Phi) is 5.79. The summed E-state index contributed by atoms with van der Waals surface area (Å²) in [7, 11) is 0. The van der Waals surface area contributed by atoms with Gasteiger partial charge in [0.05, 0.1) is 0 Å². The molecule has 28 heavy (non-hydrogen) atoms. The lowest BCUT2D eigenvalue weighted by Crippen LogP contribution is -2.24. The summed E-state index contributed by atoms with van der Waals surface area (Å²) in [4.78, 5) is 32.6. The van der Waals surface area contributed by atoms with E-state index in [9.17, 15) is 9.59 Å². The molecule has 0 bridgehead atoms. The number of hydrogen-bond donors (Lipinski definition) is 2. The van der Waals surface area contributed by atoms with Crippen molar-refractivity contribution in [1.82, 2.24) is 15.3 Å². The quantitative estimate of drug-likeness (QED) is 0.638. The highest BCUT2D eigenvalue weighted by Gasteiger charge is 2.11.